The van der Waals surface area contributed by atoms with Gasteiger partial charge in [0.15, 0.2) is 0 Å². The highest BCUT2D eigenvalue weighted by Crippen LogP contribution is 2.17. The average molecular weight is 248 g/mol. The largest absolute Gasteiger partial charge is 0.494 e. The molecule has 0 bridgehead atoms. The highest BCUT2D eigenvalue weighted by molar-refractivity contribution is 5.27. The Kier molecular flexibility index (Phi) is 5.49. The third kappa shape index (κ3) is 5.07. The molecule has 0 unspecified atom stereocenters. The maximum absolute atomic E-state index is 5.42. The van der Waals surface area contributed by atoms with Crippen molar-refractivity contribution in [3.8, 4) is 5.75 Å². The minimum absolute atomic E-state index is 0.731. The van der Waals surface area contributed by atoms with E-state index in [1.807, 2.05) is 19.1 Å². The summed E-state index contributed by atoms with van der Waals surface area (Å²) in [6, 6.07) is 9.21. The minimum Gasteiger partial charge on any atom is -0.494 e. The molecule has 100 valence electrons. The van der Waals surface area contributed by atoms with Gasteiger partial charge in [-0.15, -0.1) is 0 Å². The smallest absolute Gasteiger partial charge is 0.119 e. The van der Waals surface area contributed by atoms with Crippen molar-refractivity contribution in [3.63, 3.8) is 0 Å². The van der Waals surface area contributed by atoms with E-state index in [-0.39, 0.29) is 0 Å². The van der Waals surface area contributed by atoms with Crippen LogP contribution in [0.3, 0.4) is 0 Å². The molecule has 0 amide bonds. The first kappa shape index (κ1) is 13.4. The van der Waals surface area contributed by atoms with Crippen molar-refractivity contribution in [2.24, 2.45) is 0 Å². The second kappa shape index (κ2) is 7.39. The zero-order valence-corrected chi connectivity index (χ0v) is 11.2. The Morgan fingerprint density at radius 1 is 1.11 bits per heavy atom. The number of hydrogen-bond acceptors (Lipinski definition) is 3. The van der Waals surface area contributed by atoms with Gasteiger partial charge < -0.3 is 15.4 Å². The summed E-state index contributed by atoms with van der Waals surface area (Å²) in [5, 5.41) is 6.96. The van der Waals surface area contributed by atoms with E-state index in [1.165, 1.54) is 18.4 Å². The molecule has 3 nitrogen and oxygen atoms in total. The van der Waals surface area contributed by atoms with Crippen LogP contribution in [0.1, 0.15) is 25.3 Å². The zero-order chi connectivity index (χ0) is 12.6. The van der Waals surface area contributed by atoms with Crippen LogP contribution in [0.5, 0.6) is 5.75 Å². The molecule has 0 saturated heterocycles. The fourth-order valence-electron chi connectivity index (χ4n) is 1.93. The minimum atomic E-state index is 0.731. The van der Waals surface area contributed by atoms with Crippen LogP contribution in [0.15, 0.2) is 24.3 Å². The molecule has 1 saturated carbocycles. The van der Waals surface area contributed by atoms with Gasteiger partial charge in [0.2, 0.25) is 0 Å². The Bertz CT molecular complexity index is 333. The monoisotopic (exact) mass is 248 g/mol. The summed E-state index contributed by atoms with van der Waals surface area (Å²) in [5.74, 6) is 0.961. The summed E-state index contributed by atoms with van der Waals surface area (Å²) in [4.78, 5) is 0. The normalized spacial score (nSPS) is 14.7. The van der Waals surface area contributed by atoms with Crippen molar-refractivity contribution < 1.29 is 4.74 Å². The Hall–Kier alpha value is -1.06. The molecule has 0 radical (unpaired) electrons. The van der Waals surface area contributed by atoms with E-state index in [2.05, 4.69) is 22.8 Å². The van der Waals surface area contributed by atoms with E-state index < -0.39 is 0 Å². The first-order valence-electron chi connectivity index (χ1n) is 7.04. The Labute approximate surface area is 110 Å². The van der Waals surface area contributed by atoms with E-state index in [9.17, 15) is 0 Å². The lowest BCUT2D eigenvalue weighted by atomic mass is 10.1. The second-order valence-electron chi connectivity index (χ2n) is 4.81. The number of benzene rings is 1. The first-order valence-corrected chi connectivity index (χ1v) is 7.04. The average Bonchev–Trinajstić information content (AvgIpc) is 3.20. The van der Waals surface area contributed by atoms with E-state index in [0.29, 0.717) is 0 Å². The zero-order valence-electron chi connectivity index (χ0n) is 11.2. The SMILES string of the molecule is CCOc1ccc(CCNCCNC2CC2)cc1. The molecule has 0 aliphatic heterocycles. The van der Waals surface area contributed by atoms with Crippen molar-refractivity contribution in [1.29, 1.82) is 0 Å². The summed E-state index contributed by atoms with van der Waals surface area (Å²) in [6.45, 7) is 5.93. The molecule has 1 aliphatic rings. The van der Waals surface area contributed by atoms with E-state index in [4.69, 9.17) is 4.74 Å². The third-order valence-corrected chi connectivity index (χ3v) is 3.14. The molecule has 18 heavy (non-hydrogen) atoms. The summed E-state index contributed by atoms with van der Waals surface area (Å²) < 4.78 is 5.42. The standard InChI is InChI=1S/C15H24N2O/c1-2-18-15-7-3-13(4-8-15)9-10-16-11-12-17-14-5-6-14/h3-4,7-8,14,16-17H,2,5-6,9-12H2,1H3. The van der Waals surface area contributed by atoms with Crippen LogP contribution in [0, 0.1) is 0 Å². The van der Waals surface area contributed by atoms with E-state index in [0.717, 1.165) is 44.5 Å². The van der Waals surface area contributed by atoms with Gasteiger partial charge in [0.1, 0.15) is 5.75 Å². The molecule has 2 N–H and O–H groups in total. The van der Waals surface area contributed by atoms with Crippen LogP contribution < -0.4 is 15.4 Å². The van der Waals surface area contributed by atoms with Crippen LogP contribution >= 0.6 is 0 Å². The van der Waals surface area contributed by atoms with Crippen LogP contribution in [-0.4, -0.2) is 32.3 Å². The quantitative estimate of drug-likeness (QED) is 0.656. The number of ether oxygens (including phenoxy) is 1. The molecular weight excluding hydrogens is 224 g/mol. The van der Waals surface area contributed by atoms with Gasteiger partial charge >= 0.3 is 0 Å². The number of rotatable bonds is 9. The maximum atomic E-state index is 5.42. The van der Waals surface area contributed by atoms with Crippen molar-refractivity contribution in [3.05, 3.63) is 29.8 Å². The molecule has 0 aromatic heterocycles. The number of hydrogen-bond donors (Lipinski definition) is 2. The van der Waals surface area contributed by atoms with Gasteiger partial charge in [-0.1, -0.05) is 12.1 Å². The van der Waals surface area contributed by atoms with E-state index in [1.54, 1.807) is 0 Å². The molecule has 0 atom stereocenters. The fourth-order valence-corrected chi connectivity index (χ4v) is 1.93. The van der Waals surface area contributed by atoms with Gasteiger partial charge in [-0.05, 0) is 50.4 Å². The Morgan fingerprint density at radius 3 is 2.56 bits per heavy atom. The van der Waals surface area contributed by atoms with Crippen LogP contribution in [0.4, 0.5) is 0 Å². The van der Waals surface area contributed by atoms with Crippen LogP contribution in [-0.2, 0) is 6.42 Å². The lowest BCUT2D eigenvalue weighted by Crippen LogP contribution is -2.29. The van der Waals surface area contributed by atoms with Gasteiger partial charge in [-0.3, -0.25) is 0 Å². The predicted molar refractivity (Wildman–Crippen MR) is 75.2 cm³/mol. The van der Waals surface area contributed by atoms with E-state index >= 15 is 0 Å². The Balaban J connectivity index is 1.54. The highest BCUT2D eigenvalue weighted by atomic mass is 16.5. The maximum Gasteiger partial charge on any atom is 0.119 e. The molecule has 2 rings (SSSR count). The van der Waals surface area contributed by atoms with Crippen LogP contribution in [0.25, 0.3) is 0 Å². The van der Waals surface area contributed by atoms with Gasteiger partial charge in [-0.2, -0.15) is 0 Å². The summed E-state index contributed by atoms with van der Waals surface area (Å²) in [5.41, 5.74) is 1.36. The molecule has 1 aliphatic carbocycles. The van der Waals surface area contributed by atoms with Crippen molar-refractivity contribution >= 4 is 0 Å². The van der Waals surface area contributed by atoms with Gasteiger partial charge in [-0.25, -0.2) is 0 Å². The number of nitrogens with one attached hydrogen (secondary N) is 2. The first-order chi connectivity index (χ1) is 8.88. The van der Waals surface area contributed by atoms with Gasteiger partial charge in [0.05, 0.1) is 6.61 Å². The predicted octanol–water partition coefficient (Wildman–Crippen LogP) is 1.97. The summed E-state index contributed by atoms with van der Waals surface area (Å²) in [7, 11) is 0. The highest BCUT2D eigenvalue weighted by Gasteiger charge is 2.19. The van der Waals surface area contributed by atoms with Crippen molar-refractivity contribution in [2.75, 3.05) is 26.2 Å². The van der Waals surface area contributed by atoms with Crippen molar-refractivity contribution in [2.45, 2.75) is 32.2 Å². The third-order valence-electron chi connectivity index (χ3n) is 3.14. The van der Waals surface area contributed by atoms with Crippen LogP contribution in [0.2, 0.25) is 0 Å². The molecular formula is C15H24N2O. The lowest BCUT2D eigenvalue weighted by molar-refractivity contribution is 0.340. The van der Waals surface area contributed by atoms with Gasteiger partial charge in [0.25, 0.3) is 0 Å². The molecule has 0 heterocycles. The van der Waals surface area contributed by atoms with Crippen molar-refractivity contribution in [1.82, 2.24) is 10.6 Å². The molecule has 1 fully saturated rings. The summed E-state index contributed by atoms with van der Waals surface area (Å²) in [6.07, 6.45) is 3.81. The topological polar surface area (TPSA) is 33.3 Å². The molecule has 3 heteroatoms. The second-order valence-corrected chi connectivity index (χ2v) is 4.81. The molecule has 1 aromatic rings. The Morgan fingerprint density at radius 2 is 1.89 bits per heavy atom. The fraction of sp³-hybridized carbons (Fsp3) is 0.600. The summed E-state index contributed by atoms with van der Waals surface area (Å²) >= 11 is 0. The van der Waals surface area contributed by atoms with Gasteiger partial charge in [0, 0.05) is 19.1 Å². The lowest BCUT2D eigenvalue weighted by Gasteiger charge is -2.07. The molecule has 0 spiro atoms. The molecule has 1 aromatic carbocycles.